The Bertz CT molecular complexity index is 1610. The third-order valence-electron chi connectivity index (χ3n) is 7.67. The number of ether oxygens (including phenoxy) is 2. The highest BCUT2D eigenvalue weighted by Crippen LogP contribution is 2.67. The van der Waals surface area contributed by atoms with Gasteiger partial charge in [0.1, 0.15) is 33.8 Å². The lowest BCUT2D eigenvalue weighted by Crippen LogP contribution is -2.48. The lowest BCUT2D eigenvalue weighted by Gasteiger charge is -2.38. The molecule has 1 fully saturated rings. The van der Waals surface area contributed by atoms with Gasteiger partial charge >= 0.3 is 6.09 Å². The van der Waals surface area contributed by atoms with Gasteiger partial charge in [-0.05, 0) is 63.9 Å². The van der Waals surface area contributed by atoms with E-state index >= 15 is 8.78 Å². The van der Waals surface area contributed by atoms with Crippen molar-refractivity contribution < 1.29 is 27.8 Å². The predicted molar refractivity (Wildman–Crippen MR) is 181 cm³/mol. The molecule has 3 atom stereocenters. The molecule has 1 aliphatic heterocycles. The number of fused-ring (bicyclic) bond motifs is 1. The van der Waals surface area contributed by atoms with Crippen molar-refractivity contribution in [1.29, 1.82) is 5.26 Å². The van der Waals surface area contributed by atoms with Crippen LogP contribution in [0, 0.1) is 23.1 Å². The summed E-state index contributed by atoms with van der Waals surface area (Å²) in [7, 11) is 1.89. The molecule has 0 unspecified atom stereocenters. The van der Waals surface area contributed by atoms with Gasteiger partial charge < -0.3 is 14.4 Å². The first kappa shape index (κ1) is 35.7. The Morgan fingerprint density at radius 2 is 1.96 bits per heavy atom. The van der Waals surface area contributed by atoms with Gasteiger partial charge in [0.15, 0.2) is 16.0 Å². The van der Waals surface area contributed by atoms with Crippen molar-refractivity contribution in [1.82, 2.24) is 14.8 Å². The number of hydrogen-bond donors (Lipinski definition) is 0. The molecule has 0 bridgehead atoms. The molecule has 9 nitrogen and oxygen atoms in total. The number of thioether (sulfide) groups is 1. The van der Waals surface area contributed by atoms with Crippen molar-refractivity contribution in [3.8, 4) is 6.07 Å². The normalized spacial score (nSPS) is 22.8. The van der Waals surface area contributed by atoms with Crippen molar-refractivity contribution in [2.45, 2.75) is 75.7 Å². The van der Waals surface area contributed by atoms with Gasteiger partial charge in [-0.2, -0.15) is 5.26 Å². The smallest absolute Gasteiger partial charge is 0.418 e. The van der Waals surface area contributed by atoms with E-state index in [2.05, 4.69) is 24.6 Å². The van der Waals surface area contributed by atoms with E-state index in [1.54, 1.807) is 41.8 Å². The topological polar surface area (TPSA) is 108 Å². The molecule has 0 N–H and O–H groups in total. The maximum absolute atomic E-state index is 15.8. The van der Waals surface area contributed by atoms with Gasteiger partial charge in [-0.25, -0.2) is 23.5 Å². The summed E-state index contributed by atoms with van der Waals surface area (Å²) in [4.78, 5) is 39.3. The number of amides is 2. The molecular formula is C32H41F2N5O4S2Si. The van der Waals surface area contributed by atoms with E-state index in [1.165, 1.54) is 52.0 Å². The van der Waals surface area contributed by atoms with Crippen LogP contribution in [0.15, 0.2) is 29.4 Å². The van der Waals surface area contributed by atoms with E-state index in [-0.39, 0.29) is 33.3 Å². The molecule has 248 valence electrons. The van der Waals surface area contributed by atoms with Crippen LogP contribution >= 0.6 is 23.1 Å². The first-order valence-corrected chi connectivity index (χ1v) is 20.3. The molecule has 1 aromatic carbocycles. The Morgan fingerprint density at radius 3 is 2.54 bits per heavy atom. The number of carbonyl (C=O) groups is 2. The summed E-state index contributed by atoms with van der Waals surface area (Å²) in [6, 6.07) is 7.00. The molecule has 2 heterocycles. The number of aromatic nitrogens is 1. The third-order valence-corrected chi connectivity index (χ3v) is 11.8. The highest BCUT2D eigenvalue weighted by molar-refractivity contribution is 8.16. The second-order valence-corrected chi connectivity index (χ2v) is 22.1. The van der Waals surface area contributed by atoms with Crippen LogP contribution in [-0.4, -0.2) is 77.8 Å². The maximum Gasteiger partial charge on any atom is 0.418 e. The number of aliphatic imine (C=N–C) groups is 1. The molecule has 2 amide bonds. The maximum atomic E-state index is 15.8. The monoisotopic (exact) mass is 689 g/mol. The van der Waals surface area contributed by atoms with Crippen LogP contribution in [0.25, 0.3) is 11.9 Å². The highest BCUT2D eigenvalue weighted by Gasteiger charge is 2.71. The first-order chi connectivity index (χ1) is 21.3. The van der Waals surface area contributed by atoms with Crippen molar-refractivity contribution in [3.63, 3.8) is 0 Å². The zero-order chi connectivity index (χ0) is 34.2. The molecule has 1 aliphatic carbocycles. The summed E-state index contributed by atoms with van der Waals surface area (Å²) < 4.78 is 41.7. The van der Waals surface area contributed by atoms with Crippen molar-refractivity contribution in [2.75, 3.05) is 27.4 Å². The van der Waals surface area contributed by atoms with Gasteiger partial charge in [0.2, 0.25) is 5.91 Å². The van der Waals surface area contributed by atoms with Crippen LogP contribution < -0.4 is 0 Å². The average molecular weight is 690 g/mol. The van der Waals surface area contributed by atoms with Gasteiger partial charge in [0.05, 0.1) is 11.7 Å². The number of benzene rings is 1. The van der Waals surface area contributed by atoms with Gasteiger partial charge in [0.25, 0.3) is 0 Å². The lowest BCUT2D eigenvalue weighted by molar-refractivity contribution is -0.129. The Balaban J connectivity index is 1.80. The Morgan fingerprint density at radius 1 is 1.26 bits per heavy atom. The van der Waals surface area contributed by atoms with E-state index in [4.69, 9.17) is 19.7 Å². The van der Waals surface area contributed by atoms with E-state index in [0.717, 1.165) is 17.4 Å². The van der Waals surface area contributed by atoms with Gasteiger partial charge in [0, 0.05) is 40.3 Å². The zero-order valence-corrected chi connectivity index (χ0v) is 30.4. The summed E-state index contributed by atoms with van der Waals surface area (Å²) in [5.41, 5.74) is -1.61. The molecule has 1 saturated carbocycles. The Hall–Kier alpha value is -3.12. The molecule has 0 spiro atoms. The second-order valence-electron chi connectivity index (χ2n) is 14.1. The van der Waals surface area contributed by atoms with E-state index in [1.807, 2.05) is 6.07 Å². The van der Waals surface area contributed by atoms with Crippen molar-refractivity contribution >= 4 is 60.2 Å². The molecule has 1 aromatic heterocycles. The molecule has 46 heavy (non-hydrogen) atoms. The second kappa shape index (κ2) is 13.2. The molecule has 4 rings (SSSR count). The van der Waals surface area contributed by atoms with E-state index < -0.39 is 47.6 Å². The van der Waals surface area contributed by atoms with Crippen LogP contribution in [0.3, 0.4) is 0 Å². The molecular weight excluding hydrogens is 649 g/mol. The minimum Gasteiger partial charge on any atom is -0.443 e. The quantitative estimate of drug-likeness (QED) is 0.154. The fourth-order valence-electron chi connectivity index (χ4n) is 5.20. The average Bonchev–Trinajstić information content (AvgIpc) is 3.51. The fourth-order valence-corrected chi connectivity index (χ4v) is 8.26. The van der Waals surface area contributed by atoms with Crippen LogP contribution in [0.4, 0.5) is 13.6 Å². The van der Waals surface area contributed by atoms with Crippen LogP contribution in [0.1, 0.15) is 55.1 Å². The fraction of sp³-hybridized carbons (Fsp3) is 0.531. The summed E-state index contributed by atoms with van der Waals surface area (Å²) >= 11 is 2.09. The first-order valence-electron chi connectivity index (χ1n) is 14.9. The van der Waals surface area contributed by atoms with E-state index in [0.29, 0.717) is 18.6 Å². The number of amidine groups is 1. The molecule has 0 saturated heterocycles. The summed E-state index contributed by atoms with van der Waals surface area (Å²) in [5, 5.41) is 9.30. The number of halogens is 2. The molecule has 14 heteroatoms. The summed E-state index contributed by atoms with van der Waals surface area (Å²) in [6.07, 6.45) is 2.21. The van der Waals surface area contributed by atoms with Gasteiger partial charge in [-0.15, -0.1) is 11.3 Å². The lowest BCUT2D eigenvalue weighted by atomic mass is 9.84. The van der Waals surface area contributed by atoms with E-state index in [9.17, 15) is 9.59 Å². The van der Waals surface area contributed by atoms with Gasteiger partial charge in [-0.1, -0.05) is 37.5 Å². The van der Waals surface area contributed by atoms with Crippen LogP contribution in [-0.2, 0) is 19.8 Å². The zero-order valence-electron chi connectivity index (χ0n) is 27.7. The molecule has 2 aromatic rings. The largest absolute Gasteiger partial charge is 0.443 e. The Kier molecular flexibility index (Phi) is 10.2. The summed E-state index contributed by atoms with van der Waals surface area (Å²) in [6.45, 7) is 13.9. The van der Waals surface area contributed by atoms with Crippen molar-refractivity contribution in [3.05, 3.63) is 51.2 Å². The van der Waals surface area contributed by atoms with Crippen LogP contribution in [0.2, 0.25) is 25.7 Å². The van der Waals surface area contributed by atoms with Gasteiger partial charge in [-0.3, -0.25) is 9.79 Å². The summed E-state index contributed by atoms with van der Waals surface area (Å²) in [5.74, 6) is -1.84. The third kappa shape index (κ3) is 7.87. The molecule has 0 radical (unpaired) electrons. The number of rotatable bonds is 9. The van der Waals surface area contributed by atoms with Crippen molar-refractivity contribution in [2.24, 2.45) is 10.9 Å². The highest BCUT2D eigenvalue weighted by atomic mass is 32.2. The minimum atomic E-state index is -1.43. The SMILES string of the molecule is CN(C)C(=O)[C@]12C[C@H]1[C@@](C)(c1cc(/C=C(\F)c3ncc(C#N)s3)ccc1F)N=C(N(COCC[Si](C)(C)C)C(=O)OC(C)(C)C)S2. The number of nitrogens with zero attached hydrogens (tertiary/aromatic N) is 5. The number of thiazole rings is 1. The standard InChI is InChI=1S/C32H41F2N5O4S2Si/c1-30(2,3)43-29(41)39(19-42-12-13-46(7,8)9)28-37-31(4,25-16-32(25,45-28)27(40)38(5)6)22-14-20(10-11-23(22)33)15-24(34)26-36-18-21(17-35)44-26/h10-11,14-15,18,25H,12-13,16,19H2,1-9H3/b24-15-/t25-,31+,32-/m0/s1. The number of carbonyl (C=O) groups excluding carboxylic acids is 2. The van der Waals surface area contributed by atoms with Crippen LogP contribution in [0.5, 0.6) is 0 Å². The number of nitriles is 1. The molecule has 2 aliphatic rings. The Labute approximate surface area is 278 Å². The predicted octanol–water partition coefficient (Wildman–Crippen LogP) is 7.34. The number of hydrogen-bond acceptors (Lipinski definition) is 9. The minimum absolute atomic E-state index is 0.0305.